The Labute approximate surface area is 170 Å². The zero-order valence-electron chi connectivity index (χ0n) is 16.1. The van der Waals surface area contributed by atoms with Crippen LogP contribution in [0.1, 0.15) is 24.4 Å². The number of halogens is 1. The van der Waals surface area contributed by atoms with Crippen LogP contribution < -0.4 is 11.0 Å². The molecule has 3 heterocycles. The molecule has 0 amide bonds. The quantitative estimate of drug-likeness (QED) is 0.686. The lowest BCUT2D eigenvalue weighted by Crippen LogP contribution is -2.29. The van der Waals surface area contributed by atoms with Crippen molar-refractivity contribution >= 4 is 12.4 Å². The van der Waals surface area contributed by atoms with E-state index in [4.69, 9.17) is 5.10 Å². The third-order valence-electron chi connectivity index (χ3n) is 5.17. The van der Waals surface area contributed by atoms with Crippen LogP contribution in [0, 0.1) is 12.8 Å². The topological polar surface area (TPSA) is 69.7 Å². The molecule has 2 aromatic heterocycles. The van der Waals surface area contributed by atoms with Crippen LogP contribution in [-0.2, 0) is 19.5 Å². The molecule has 3 aromatic rings. The predicted octanol–water partition coefficient (Wildman–Crippen LogP) is 2.20. The number of nitrogens with zero attached hydrogens (tertiary/aromatic N) is 5. The number of rotatable bonds is 6. The van der Waals surface area contributed by atoms with Crippen molar-refractivity contribution in [2.75, 3.05) is 13.1 Å². The molecular weight excluding hydrogens is 376 g/mol. The van der Waals surface area contributed by atoms with Crippen LogP contribution in [0.15, 0.2) is 47.4 Å². The number of hydrogen-bond donors (Lipinski definition) is 1. The van der Waals surface area contributed by atoms with Gasteiger partial charge < -0.3 is 5.32 Å². The molecule has 1 fully saturated rings. The van der Waals surface area contributed by atoms with Crippen LogP contribution in [0.5, 0.6) is 0 Å². The molecule has 0 bridgehead atoms. The molecule has 1 aromatic carbocycles. The Bertz CT molecular complexity index is 939. The average Bonchev–Trinajstić information content (AvgIpc) is 3.24. The van der Waals surface area contributed by atoms with Crippen molar-refractivity contribution in [1.82, 2.24) is 29.4 Å². The number of aryl methyl sites for hydroxylation is 3. The summed E-state index contributed by atoms with van der Waals surface area (Å²) in [7, 11) is 0. The SMILES string of the molecule is Cc1ccn(CCn2nc(CC3CCNCC3)n(-c3ccccc3)c2=O)n1.Cl. The van der Waals surface area contributed by atoms with Crippen LogP contribution in [0.25, 0.3) is 5.69 Å². The van der Waals surface area contributed by atoms with E-state index in [0.29, 0.717) is 19.0 Å². The van der Waals surface area contributed by atoms with Gasteiger partial charge >= 0.3 is 5.69 Å². The van der Waals surface area contributed by atoms with Gasteiger partial charge in [-0.3, -0.25) is 4.68 Å². The molecule has 1 aliphatic rings. The molecule has 4 rings (SSSR count). The highest BCUT2D eigenvalue weighted by Crippen LogP contribution is 2.18. The highest BCUT2D eigenvalue weighted by molar-refractivity contribution is 5.85. The molecule has 1 aliphatic heterocycles. The van der Waals surface area contributed by atoms with Gasteiger partial charge in [0, 0.05) is 12.6 Å². The van der Waals surface area contributed by atoms with E-state index < -0.39 is 0 Å². The van der Waals surface area contributed by atoms with E-state index in [1.807, 2.05) is 54.2 Å². The van der Waals surface area contributed by atoms with Gasteiger partial charge in [0.15, 0.2) is 0 Å². The summed E-state index contributed by atoms with van der Waals surface area (Å²) in [5.74, 6) is 1.42. The van der Waals surface area contributed by atoms with E-state index in [1.54, 1.807) is 9.25 Å². The number of benzene rings is 1. The Morgan fingerprint density at radius 3 is 2.50 bits per heavy atom. The summed E-state index contributed by atoms with van der Waals surface area (Å²) in [6.07, 6.45) is 5.02. The largest absolute Gasteiger partial charge is 0.350 e. The number of nitrogens with one attached hydrogen (secondary N) is 1. The average molecular weight is 403 g/mol. The van der Waals surface area contributed by atoms with E-state index in [2.05, 4.69) is 10.4 Å². The van der Waals surface area contributed by atoms with Gasteiger partial charge in [-0.25, -0.2) is 14.0 Å². The molecule has 0 unspecified atom stereocenters. The van der Waals surface area contributed by atoms with Gasteiger partial charge in [-0.05, 0) is 57.0 Å². The minimum absolute atomic E-state index is 0. The predicted molar refractivity (Wildman–Crippen MR) is 111 cm³/mol. The number of hydrogen-bond acceptors (Lipinski definition) is 4. The maximum absolute atomic E-state index is 13.1. The van der Waals surface area contributed by atoms with Crippen molar-refractivity contribution in [2.24, 2.45) is 5.92 Å². The Morgan fingerprint density at radius 2 is 1.82 bits per heavy atom. The van der Waals surface area contributed by atoms with Crippen LogP contribution in [0.2, 0.25) is 0 Å². The van der Waals surface area contributed by atoms with Crippen molar-refractivity contribution < 1.29 is 0 Å². The Hall–Kier alpha value is -2.38. The summed E-state index contributed by atoms with van der Waals surface area (Å²) >= 11 is 0. The van der Waals surface area contributed by atoms with Gasteiger partial charge in [-0.1, -0.05) is 18.2 Å². The van der Waals surface area contributed by atoms with E-state index >= 15 is 0 Å². The molecule has 28 heavy (non-hydrogen) atoms. The minimum atomic E-state index is -0.0750. The normalized spacial score (nSPS) is 14.8. The molecular formula is C20H27ClN6O. The second-order valence-electron chi connectivity index (χ2n) is 7.21. The Morgan fingerprint density at radius 1 is 1.07 bits per heavy atom. The standard InChI is InChI=1S/C20H26N6O.ClH/c1-16-9-12-24(22-16)13-14-25-20(27)26(18-5-3-2-4-6-18)19(23-25)15-17-7-10-21-11-8-17;/h2-6,9,12,17,21H,7-8,10-11,13-15H2,1H3;1H. The zero-order chi connectivity index (χ0) is 18.6. The third-order valence-corrected chi connectivity index (χ3v) is 5.17. The fourth-order valence-corrected chi connectivity index (χ4v) is 3.70. The smallest absolute Gasteiger partial charge is 0.317 e. The third kappa shape index (κ3) is 4.54. The van der Waals surface area contributed by atoms with Gasteiger partial charge in [-0.2, -0.15) is 10.2 Å². The summed E-state index contributed by atoms with van der Waals surface area (Å²) in [6.45, 7) is 5.19. The molecule has 150 valence electrons. The van der Waals surface area contributed by atoms with Gasteiger partial charge in [-0.15, -0.1) is 12.4 Å². The fraction of sp³-hybridized carbons (Fsp3) is 0.450. The lowest BCUT2D eigenvalue weighted by molar-refractivity contribution is 0.364. The first kappa shape index (κ1) is 20.4. The molecule has 1 saturated heterocycles. The lowest BCUT2D eigenvalue weighted by atomic mass is 9.94. The lowest BCUT2D eigenvalue weighted by Gasteiger charge is -2.22. The van der Waals surface area contributed by atoms with Crippen molar-refractivity contribution in [3.63, 3.8) is 0 Å². The summed E-state index contributed by atoms with van der Waals surface area (Å²) < 4.78 is 5.21. The fourth-order valence-electron chi connectivity index (χ4n) is 3.70. The maximum atomic E-state index is 13.1. The molecule has 8 heteroatoms. The Kier molecular flexibility index (Phi) is 6.70. The maximum Gasteiger partial charge on any atom is 0.350 e. The highest BCUT2D eigenvalue weighted by atomic mass is 35.5. The summed E-state index contributed by atoms with van der Waals surface area (Å²) in [4.78, 5) is 13.1. The van der Waals surface area contributed by atoms with Crippen molar-refractivity contribution in [3.05, 3.63) is 64.6 Å². The van der Waals surface area contributed by atoms with Crippen molar-refractivity contribution in [1.29, 1.82) is 0 Å². The van der Waals surface area contributed by atoms with Crippen LogP contribution in [-0.4, -0.2) is 37.2 Å². The molecule has 0 atom stereocenters. The van der Waals surface area contributed by atoms with Gasteiger partial charge in [0.25, 0.3) is 0 Å². The summed E-state index contributed by atoms with van der Waals surface area (Å²) in [5.41, 5.74) is 1.78. The van der Waals surface area contributed by atoms with Crippen molar-refractivity contribution in [2.45, 2.75) is 39.3 Å². The Balaban J connectivity index is 0.00000225. The van der Waals surface area contributed by atoms with Crippen LogP contribution in [0.3, 0.4) is 0 Å². The first-order valence-electron chi connectivity index (χ1n) is 9.65. The highest BCUT2D eigenvalue weighted by Gasteiger charge is 2.20. The number of piperidine rings is 1. The van der Waals surface area contributed by atoms with Gasteiger partial charge in [0.1, 0.15) is 5.82 Å². The van der Waals surface area contributed by atoms with E-state index in [9.17, 15) is 4.79 Å². The first-order chi connectivity index (χ1) is 13.2. The molecule has 0 spiro atoms. The summed E-state index contributed by atoms with van der Waals surface area (Å²) in [6, 6.07) is 11.8. The molecule has 0 aliphatic carbocycles. The second-order valence-corrected chi connectivity index (χ2v) is 7.21. The molecule has 0 saturated carbocycles. The monoisotopic (exact) mass is 402 g/mol. The minimum Gasteiger partial charge on any atom is -0.317 e. The number of aromatic nitrogens is 5. The molecule has 7 nitrogen and oxygen atoms in total. The van der Waals surface area contributed by atoms with Crippen LogP contribution >= 0.6 is 12.4 Å². The van der Waals surface area contributed by atoms with Crippen molar-refractivity contribution in [3.8, 4) is 5.69 Å². The van der Waals surface area contributed by atoms with Gasteiger partial charge in [0.2, 0.25) is 0 Å². The summed E-state index contributed by atoms with van der Waals surface area (Å²) in [5, 5.41) is 12.5. The molecule has 1 N–H and O–H groups in total. The van der Waals surface area contributed by atoms with E-state index in [-0.39, 0.29) is 18.1 Å². The van der Waals surface area contributed by atoms with E-state index in [1.165, 1.54) is 0 Å². The second kappa shape index (κ2) is 9.21. The molecule has 0 radical (unpaired) electrons. The van der Waals surface area contributed by atoms with Gasteiger partial charge in [0.05, 0.1) is 24.5 Å². The first-order valence-corrected chi connectivity index (χ1v) is 9.65. The van der Waals surface area contributed by atoms with E-state index in [0.717, 1.165) is 49.6 Å². The number of para-hydroxylation sites is 1. The zero-order valence-corrected chi connectivity index (χ0v) is 16.9. The van der Waals surface area contributed by atoms with Crippen LogP contribution in [0.4, 0.5) is 0 Å².